The summed E-state index contributed by atoms with van der Waals surface area (Å²) in [7, 11) is -3.60. The maximum atomic E-state index is 12.2. The highest BCUT2D eigenvalue weighted by Crippen LogP contribution is 2.18. The molecule has 2 heterocycles. The third-order valence-corrected chi connectivity index (χ3v) is 4.08. The topological polar surface area (TPSA) is 90.0 Å². The number of nitrogens with one attached hydrogen (secondary N) is 1. The van der Waals surface area contributed by atoms with Gasteiger partial charge >= 0.3 is 0 Å². The molecule has 3 N–H and O–H groups in total. The molecule has 19 heavy (non-hydrogen) atoms. The minimum Gasteiger partial charge on any atom is -0.349 e. The summed E-state index contributed by atoms with van der Waals surface area (Å²) in [5.41, 5.74) is 6.81. The largest absolute Gasteiger partial charge is 0.349 e. The van der Waals surface area contributed by atoms with Crippen LogP contribution in [-0.2, 0) is 23.1 Å². The Morgan fingerprint density at radius 3 is 2.79 bits per heavy atom. The number of sulfonamides is 1. The smallest absolute Gasteiger partial charge is 0.263 e. The van der Waals surface area contributed by atoms with Crippen molar-refractivity contribution in [3.05, 3.63) is 42.5 Å². The number of anilines is 1. The Morgan fingerprint density at radius 2 is 2.26 bits per heavy atom. The van der Waals surface area contributed by atoms with Crippen molar-refractivity contribution in [3.8, 4) is 0 Å². The van der Waals surface area contributed by atoms with Gasteiger partial charge in [0, 0.05) is 31.2 Å². The molecule has 102 valence electrons. The second-order valence-corrected chi connectivity index (χ2v) is 5.69. The fourth-order valence-electron chi connectivity index (χ4n) is 1.78. The van der Waals surface area contributed by atoms with E-state index in [0.717, 1.165) is 5.69 Å². The summed E-state index contributed by atoms with van der Waals surface area (Å²) in [6, 6.07) is 4.90. The van der Waals surface area contributed by atoms with Gasteiger partial charge in [-0.25, -0.2) is 8.42 Å². The number of hydrogen-bond donors (Lipinski definition) is 2. The number of aryl methyl sites for hydroxylation is 1. The Hall–Kier alpha value is -1.86. The minimum absolute atomic E-state index is 0.207. The maximum Gasteiger partial charge on any atom is 0.263 e. The highest BCUT2D eigenvalue weighted by molar-refractivity contribution is 7.92. The van der Waals surface area contributed by atoms with Crippen LogP contribution in [0.25, 0.3) is 0 Å². The summed E-state index contributed by atoms with van der Waals surface area (Å²) in [6.45, 7) is 2.91. The van der Waals surface area contributed by atoms with Crippen LogP contribution in [0.4, 0.5) is 5.69 Å². The molecular formula is C12H16N4O2S. The van der Waals surface area contributed by atoms with Crippen LogP contribution in [0.1, 0.15) is 12.6 Å². The molecule has 2 aromatic rings. The zero-order valence-corrected chi connectivity index (χ0v) is 11.4. The van der Waals surface area contributed by atoms with Crippen molar-refractivity contribution >= 4 is 15.7 Å². The van der Waals surface area contributed by atoms with Crippen LogP contribution >= 0.6 is 0 Å². The molecule has 6 nitrogen and oxygen atoms in total. The van der Waals surface area contributed by atoms with E-state index in [1.165, 1.54) is 6.20 Å². The van der Waals surface area contributed by atoms with Crippen molar-refractivity contribution in [3.63, 3.8) is 0 Å². The number of aromatic nitrogens is 2. The van der Waals surface area contributed by atoms with Gasteiger partial charge < -0.3 is 10.3 Å². The third kappa shape index (κ3) is 2.94. The molecule has 0 aliphatic rings. The molecule has 0 unspecified atom stereocenters. The molecule has 7 heteroatoms. The van der Waals surface area contributed by atoms with E-state index in [9.17, 15) is 8.42 Å². The molecular weight excluding hydrogens is 264 g/mol. The van der Waals surface area contributed by atoms with E-state index in [2.05, 4.69) is 9.71 Å². The molecule has 0 aliphatic heterocycles. The van der Waals surface area contributed by atoms with Crippen LogP contribution in [0, 0.1) is 0 Å². The van der Waals surface area contributed by atoms with Crippen molar-refractivity contribution in [1.29, 1.82) is 0 Å². The zero-order chi connectivity index (χ0) is 13.9. The fraction of sp³-hybridized carbons (Fsp3) is 0.250. The van der Waals surface area contributed by atoms with Crippen molar-refractivity contribution in [1.82, 2.24) is 9.55 Å². The van der Waals surface area contributed by atoms with Crippen LogP contribution < -0.4 is 10.5 Å². The van der Waals surface area contributed by atoms with E-state index in [4.69, 9.17) is 5.73 Å². The molecule has 0 radical (unpaired) electrons. The van der Waals surface area contributed by atoms with E-state index < -0.39 is 10.0 Å². The van der Waals surface area contributed by atoms with Gasteiger partial charge in [0.25, 0.3) is 10.0 Å². The quantitative estimate of drug-likeness (QED) is 0.860. The highest BCUT2D eigenvalue weighted by atomic mass is 32.2. The molecule has 0 atom stereocenters. The van der Waals surface area contributed by atoms with Gasteiger partial charge in [0.05, 0.1) is 11.9 Å². The average molecular weight is 280 g/mol. The van der Waals surface area contributed by atoms with Crippen LogP contribution in [-0.4, -0.2) is 18.0 Å². The van der Waals surface area contributed by atoms with Gasteiger partial charge in [0.1, 0.15) is 4.90 Å². The van der Waals surface area contributed by atoms with Gasteiger partial charge in [-0.05, 0) is 25.1 Å². The maximum absolute atomic E-state index is 12.2. The molecule has 0 fully saturated rings. The number of rotatable bonds is 5. The lowest BCUT2D eigenvalue weighted by Crippen LogP contribution is -2.12. The lowest BCUT2D eigenvalue weighted by Gasteiger charge is -2.05. The van der Waals surface area contributed by atoms with Crippen LogP contribution in [0.5, 0.6) is 0 Å². The number of pyridine rings is 1. The fourth-order valence-corrected chi connectivity index (χ4v) is 2.88. The monoisotopic (exact) mass is 280 g/mol. The van der Waals surface area contributed by atoms with Crippen LogP contribution in [0.15, 0.2) is 41.7 Å². The van der Waals surface area contributed by atoms with E-state index in [-0.39, 0.29) is 4.90 Å². The molecule has 0 bridgehead atoms. The normalized spacial score (nSPS) is 11.5. The van der Waals surface area contributed by atoms with Gasteiger partial charge in [-0.3, -0.25) is 9.71 Å². The third-order valence-electron chi connectivity index (χ3n) is 2.73. The number of hydrogen-bond acceptors (Lipinski definition) is 4. The van der Waals surface area contributed by atoms with Gasteiger partial charge in [-0.2, -0.15) is 0 Å². The van der Waals surface area contributed by atoms with E-state index in [1.54, 1.807) is 30.6 Å². The summed E-state index contributed by atoms with van der Waals surface area (Å²) in [5.74, 6) is 0. The van der Waals surface area contributed by atoms with Gasteiger partial charge in [0.2, 0.25) is 0 Å². The Bertz CT molecular complexity index is 628. The first-order valence-corrected chi connectivity index (χ1v) is 7.37. The van der Waals surface area contributed by atoms with E-state index in [0.29, 0.717) is 18.8 Å². The number of nitrogens with two attached hydrogens (primary N) is 1. The van der Waals surface area contributed by atoms with Crippen molar-refractivity contribution in [2.75, 3.05) is 4.72 Å². The predicted octanol–water partition coefficient (Wildman–Crippen LogP) is 1.16. The van der Waals surface area contributed by atoms with Gasteiger partial charge in [-0.15, -0.1) is 0 Å². The first kappa shape index (κ1) is 13.6. The Kier molecular flexibility index (Phi) is 3.87. The average Bonchev–Trinajstić information content (AvgIpc) is 2.83. The first-order valence-electron chi connectivity index (χ1n) is 5.88. The summed E-state index contributed by atoms with van der Waals surface area (Å²) < 4.78 is 28.7. The second kappa shape index (κ2) is 5.41. The van der Waals surface area contributed by atoms with Crippen molar-refractivity contribution in [2.45, 2.75) is 24.9 Å². The first-order chi connectivity index (χ1) is 9.06. The minimum atomic E-state index is -3.60. The van der Waals surface area contributed by atoms with Crippen molar-refractivity contribution in [2.24, 2.45) is 5.73 Å². The number of nitrogens with zero attached hydrogens (tertiary/aromatic N) is 2. The summed E-state index contributed by atoms with van der Waals surface area (Å²) in [4.78, 5) is 4.07. The lowest BCUT2D eigenvalue weighted by atomic mass is 10.4. The summed E-state index contributed by atoms with van der Waals surface area (Å²) >= 11 is 0. The Balaban J connectivity index is 2.32. The zero-order valence-electron chi connectivity index (χ0n) is 10.6. The molecule has 0 spiro atoms. The standard InChI is InChI=1S/C12H16N4O2S/c1-2-16-9-12(6-11(16)7-13)19(17,18)15-10-4-3-5-14-8-10/h3-6,8-9,15H,2,7,13H2,1H3. The molecule has 0 saturated heterocycles. The summed E-state index contributed by atoms with van der Waals surface area (Å²) in [5, 5.41) is 0. The SMILES string of the molecule is CCn1cc(S(=O)(=O)Nc2cccnc2)cc1CN. The van der Waals surface area contributed by atoms with E-state index in [1.807, 2.05) is 11.5 Å². The molecule has 0 amide bonds. The van der Waals surface area contributed by atoms with Gasteiger partial charge in [0.15, 0.2) is 0 Å². The lowest BCUT2D eigenvalue weighted by molar-refractivity contribution is 0.600. The summed E-state index contributed by atoms with van der Waals surface area (Å²) in [6.07, 6.45) is 4.62. The molecule has 0 aliphatic carbocycles. The predicted molar refractivity (Wildman–Crippen MR) is 73.0 cm³/mol. The molecule has 2 rings (SSSR count). The van der Waals surface area contributed by atoms with E-state index >= 15 is 0 Å². The molecule has 0 saturated carbocycles. The molecule has 2 aromatic heterocycles. The van der Waals surface area contributed by atoms with Crippen LogP contribution in [0.2, 0.25) is 0 Å². The Labute approximate surface area is 112 Å². The van der Waals surface area contributed by atoms with Gasteiger partial charge in [-0.1, -0.05) is 0 Å². The van der Waals surface area contributed by atoms with Crippen LogP contribution in [0.3, 0.4) is 0 Å². The Morgan fingerprint density at radius 1 is 1.47 bits per heavy atom. The van der Waals surface area contributed by atoms with Crippen molar-refractivity contribution < 1.29 is 8.42 Å². The molecule has 0 aromatic carbocycles. The highest BCUT2D eigenvalue weighted by Gasteiger charge is 2.17. The second-order valence-electron chi connectivity index (χ2n) is 4.00.